The van der Waals surface area contributed by atoms with Crippen molar-refractivity contribution in [2.24, 2.45) is 0 Å². The number of aromatic nitrogens is 2. The molecule has 0 aliphatic heterocycles. The number of benzene rings is 1. The number of hydrogen-bond donors (Lipinski definition) is 2. The van der Waals surface area contributed by atoms with E-state index in [1.165, 1.54) is 0 Å². The molecule has 0 amide bonds. The largest absolute Gasteiger partial charge is 0.439 e. The molecule has 24 heavy (non-hydrogen) atoms. The smallest absolute Gasteiger partial charge is 0.433 e. The van der Waals surface area contributed by atoms with Crippen LogP contribution >= 0.6 is 12.2 Å². The van der Waals surface area contributed by atoms with Crippen LogP contribution in [-0.2, 0) is 6.18 Å². The average molecular weight is 356 g/mol. The molecule has 0 bridgehead atoms. The van der Waals surface area contributed by atoms with Crippen molar-refractivity contribution in [3.63, 3.8) is 0 Å². The number of nitrogens with one attached hydrogen (secondary N) is 2. The molecule has 5 nitrogen and oxygen atoms in total. The van der Waals surface area contributed by atoms with Crippen LogP contribution in [0.5, 0.6) is 11.6 Å². The maximum atomic E-state index is 13.0. The lowest BCUT2D eigenvalue weighted by molar-refractivity contribution is -0.141. The highest BCUT2D eigenvalue weighted by atomic mass is 32.1. The molecule has 2 N–H and O–H groups in total. The van der Waals surface area contributed by atoms with Crippen molar-refractivity contribution < 1.29 is 17.9 Å². The van der Waals surface area contributed by atoms with Gasteiger partial charge in [0.2, 0.25) is 11.8 Å². The summed E-state index contributed by atoms with van der Waals surface area (Å²) in [6.07, 6.45) is -4.64. The number of hydrogen-bond acceptors (Lipinski definition) is 4. The number of nitrogens with zero attached hydrogens (tertiary/aromatic N) is 2. The zero-order chi connectivity index (χ0) is 17.7. The first-order valence-corrected chi connectivity index (χ1v) is 7.41. The summed E-state index contributed by atoms with van der Waals surface area (Å²) in [5.41, 5.74) is -1.13. The minimum atomic E-state index is -4.64. The third-order valence-electron chi connectivity index (χ3n) is 2.60. The van der Waals surface area contributed by atoms with E-state index in [0.717, 1.165) is 6.07 Å². The van der Waals surface area contributed by atoms with Gasteiger partial charge in [-0.1, -0.05) is 18.2 Å². The van der Waals surface area contributed by atoms with Gasteiger partial charge in [-0.05, 0) is 38.2 Å². The van der Waals surface area contributed by atoms with Crippen molar-refractivity contribution in [2.45, 2.75) is 26.1 Å². The van der Waals surface area contributed by atoms with E-state index < -0.39 is 11.9 Å². The van der Waals surface area contributed by atoms with Crippen LogP contribution in [0.15, 0.2) is 36.4 Å². The molecule has 0 unspecified atom stereocenters. The van der Waals surface area contributed by atoms with Gasteiger partial charge in [0.05, 0.1) is 0 Å². The van der Waals surface area contributed by atoms with Gasteiger partial charge in [0.25, 0.3) is 0 Å². The van der Waals surface area contributed by atoms with Crippen molar-refractivity contribution in [1.82, 2.24) is 15.3 Å². The molecule has 0 aliphatic carbocycles. The lowest BCUT2D eigenvalue weighted by Gasteiger charge is -2.14. The number of halogens is 3. The number of ether oxygens (including phenoxy) is 1. The fourth-order valence-corrected chi connectivity index (χ4v) is 2.01. The average Bonchev–Trinajstić information content (AvgIpc) is 2.46. The summed E-state index contributed by atoms with van der Waals surface area (Å²) in [7, 11) is 0. The van der Waals surface area contributed by atoms with Gasteiger partial charge in [0.15, 0.2) is 10.8 Å². The second-order valence-electron chi connectivity index (χ2n) is 5.08. The van der Waals surface area contributed by atoms with E-state index in [0.29, 0.717) is 5.75 Å². The summed E-state index contributed by atoms with van der Waals surface area (Å²) in [5, 5.41) is 5.49. The summed E-state index contributed by atoms with van der Waals surface area (Å²) in [4.78, 5) is 7.36. The van der Waals surface area contributed by atoms with Gasteiger partial charge < -0.3 is 15.4 Å². The molecule has 0 spiro atoms. The molecular formula is C15H15F3N4OS. The van der Waals surface area contributed by atoms with Crippen LogP contribution < -0.4 is 15.4 Å². The third-order valence-corrected chi connectivity index (χ3v) is 2.82. The Morgan fingerprint density at radius 1 is 1.17 bits per heavy atom. The molecule has 2 aromatic rings. The van der Waals surface area contributed by atoms with E-state index in [-0.39, 0.29) is 23.0 Å². The zero-order valence-corrected chi connectivity index (χ0v) is 13.7. The Kier molecular flexibility index (Phi) is 5.55. The second-order valence-corrected chi connectivity index (χ2v) is 5.49. The fraction of sp³-hybridized carbons (Fsp3) is 0.267. The number of alkyl halides is 3. The van der Waals surface area contributed by atoms with Gasteiger partial charge in [-0.2, -0.15) is 18.2 Å². The normalized spacial score (nSPS) is 11.2. The number of para-hydroxylation sites is 1. The van der Waals surface area contributed by atoms with E-state index in [4.69, 9.17) is 17.0 Å². The van der Waals surface area contributed by atoms with E-state index >= 15 is 0 Å². The Bertz CT molecular complexity index is 708. The van der Waals surface area contributed by atoms with Gasteiger partial charge in [0.1, 0.15) is 5.75 Å². The molecule has 0 saturated carbocycles. The van der Waals surface area contributed by atoms with E-state index in [1.807, 2.05) is 13.8 Å². The summed E-state index contributed by atoms with van der Waals surface area (Å²) in [6.45, 7) is 3.68. The SMILES string of the molecule is CC(C)NC(=S)Nc1nc(Oc2ccccc2)cc(C(F)(F)F)n1. The molecule has 0 saturated heterocycles. The Morgan fingerprint density at radius 2 is 1.83 bits per heavy atom. The zero-order valence-electron chi connectivity index (χ0n) is 12.9. The molecule has 0 fully saturated rings. The molecule has 1 heterocycles. The fourth-order valence-electron chi connectivity index (χ4n) is 1.69. The summed E-state index contributed by atoms with van der Waals surface area (Å²) >= 11 is 5.00. The Labute approximate surface area is 142 Å². The minimum Gasteiger partial charge on any atom is -0.439 e. The Hall–Kier alpha value is -2.42. The van der Waals surface area contributed by atoms with Crippen LogP contribution in [0.3, 0.4) is 0 Å². The molecule has 1 aromatic carbocycles. The summed E-state index contributed by atoms with van der Waals surface area (Å²) in [6, 6.07) is 9.11. The van der Waals surface area contributed by atoms with E-state index in [1.54, 1.807) is 30.3 Å². The maximum absolute atomic E-state index is 13.0. The first-order valence-electron chi connectivity index (χ1n) is 7.01. The number of anilines is 1. The highest BCUT2D eigenvalue weighted by molar-refractivity contribution is 7.80. The van der Waals surface area contributed by atoms with Crippen LogP contribution in [0.1, 0.15) is 19.5 Å². The summed E-state index contributed by atoms with van der Waals surface area (Å²) < 4.78 is 44.4. The van der Waals surface area contributed by atoms with Crippen LogP contribution in [0.2, 0.25) is 0 Å². The highest BCUT2D eigenvalue weighted by Crippen LogP contribution is 2.31. The molecule has 2 rings (SSSR count). The van der Waals surface area contributed by atoms with E-state index in [2.05, 4.69) is 20.6 Å². The molecule has 0 atom stereocenters. The lowest BCUT2D eigenvalue weighted by Crippen LogP contribution is -2.34. The van der Waals surface area contributed by atoms with Crippen molar-refractivity contribution in [3.05, 3.63) is 42.1 Å². The van der Waals surface area contributed by atoms with Gasteiger partial charge in [-0.25, -0.2) is 4.98 Å². The molecule has 1 aromatic heterocycles. The first-order chi connectivity index (χ1) is 11.2. The predicted molar refractivity (Wildman–Crippen MR) is 88.0 cm³/mol. The van der Waals surface area contributed by atoms with Crippen LogP contribution in [0.25, 0.3) is 0 Å². The minimum absolute atomic E-state index is 0.0100. The summed E-state index contributed by atoms with van der Waals surface area (Å²) in [5.74, 6) is -0.176. The standard InChI is InChI=1S/C15H15F3N4OS/c1-9(2)19-14(24)22-13-20-11(15(16,17)18)8-12(21-13)23-10-6-4-3-5-7-10/h3-9H,1-2H3,(H2,19,20,21,22,24). The van der Waals surface area contributed by atoms with E-state index in [9.17, 15) is 13.2 Å². The molecule has 9 heteroatoms. The van der Waals surface area contributed by atoms with Gasteiger partial charge in [-0.15, -0.1) is 0 Å². The van der Waals surface area contributed by atoms with Crippen LogP contribution in [0, 0.1) is 0 Å². The quantitative estimate of drug-likeness (QED) is 0.808. The van der Waals surface area contributed by atoms with Crippen molar-refractivity contribution >= 4 is 23.3 Å². The first kappa shape index (κ1) is 17.9. The highest BCUT2D eigenvalue weighted by Gasteiger charge is 2.34. The van der Waals surface area contributed by atoms with Crippen molar-refractivity contribution in [3.8, 4) is 11.6 Å². The maximum Gasteiger partial charge on any atom is 0.433 e. The molecule has 128 valence electrons. The van der Waals surface area contributed by atoms with Crippen LogP contribution in [-0.4, -0.2) is 21.1 Å². The monoisotopic (exact) mass is 356 g/mol. The van der Waals surface area contributed by atoms with Crippen LogP contribution in [0.4, 0.5) is 19.1 Å². The molecule has 0 radical (unpaired) electrons. The van der Waals surface area contributed by atoms with Crippen molar-refractivity contribution in [2.75, 3.05) is 5.32 Å². The molecule has 0 aliphatic rings. The Morgan fingerprint density at radius 3 is 2.42 bits per heavy atom. The van der Waals surface area contributed by atoms with Crippen molar-refractivity contribution in [1.29, 1.82) is 0 Å². The topological polar surface area (TPSA) is 59.1 Å². The van der Waals surface area contributed by atoms with Gasteiger partial charge >= 0.3 is 6.18 Å². The lowest BCUT2D eigenvalue weighted by atomic mass is 10.3. The number of rotatable bonds is 4. The van der Waals surface area contributed by atoms with Gasteiger partial charge in [-0.3, -0.25) is 0 Å². The third kappa shape index (κ3) is 5.34. The molecular weight excluding hydrogens is 341 g/mol. The Balaban J connectivity index is 2.29. The number of thiocarbonyl (C=S) groups is 1. The predicted octanol–water partition coefficient (Wildman–Crippen LogP) is 3.98. The van der Waals surface area contributed by atoms with Gasteiger partial charge in [0, 0.05) is 12.1 Å². The second kappa shape index (κ2) is 7.43.